The SMILES string of the molecule is Nn1c(C2CCCCC2)cc(-n2ccnc2Cl)cc1=O. The highest BCUT2D eigenvalue weighted by atomic mass is 35.5. The van der Waals surface area contributed by atoms with E-state index in [0.717, 1.165) is 24.2 Å². The number of hydrogen-bond donors (Lipinski definition) is 1. The Morgan fingerprint density at radius 3 is 2.65 bits per heavy atom. The second-order valence-corrected chi connectivity index (χ2v) is 5.59. The Balaban J connectivity index is 2.08. The van der Waals surface area contributed by atoms with Gasteiger partial charge in [0.2, 0.25) is 5.28 Å². The van der Waals surface area contributed by atoms with E-state index in [-0.39, 0.29) is 5.56 Å². The summed E-state index contributed by atoms with van der Waals surface area (Å²) >= 11 is 6.02. The number of pyridine rings is 1. The van der Waals surface area contributed by atoms with E-state index in [1.165, 1.54) is 30.0 Å². The average Bonchev–Trinajstić information content (AvgIpc) is 2.89. The van der Waals surface area contributed by atoms with E-state index < -0.39 is 0 Å². The standard InChI is InChI=1S/C14H17ClN4O/c15-14-17-6-7-18(14)11-8-12(19(16)13(20)9-11)10-4-2-1-3-5-10/h6-10H,1-5,16H2. The Labute approximate surface area is 122 Å². The Bertz CT molecular complexity index is 670. The first-order valence-corrected chi connectivity index (χ1v) is 7.26. The largest absolute Gasteiger partial charge is 0.336 e. The fourth-order valence-electron chi connectivity index (χ4n) is 2.92. The van der Waals surface area contributed by atoms with Crippen LogP contribution >= 0.6 is 11.6 Å². The van der Waals surface area contributed by atoms with Crippen molar-refractivity contribution in [2.75, 3.05) is 5.84 Å². The molecule has 0 saturated heterocycles. The molecule has 5 nitrogen and oxygen atoms in total. The molecule has 6 heteroatoms. The van der Waals surface area contributed by atoms with E-state index in [2.05, 4.69) is 4.98 Å². The molecule has 2 aromatic heterocycles. The number of nitrogen functional groups attached to an aromatic ring is 1. The van der Waals surface area contributed by atoms with Crippen molar-refractivity contribution in [3.63, 3.8) is 0 Å². The molecule has 0 bridgehead atoms. The Morgan fingerprint density at radius 2 is 2.00 bits per heavy atom. The third-order valence-electron chi connectivity index (χ3n) is 3.98. The first-order chi connectivity index (χ1) is 9.66. The molecule has 0 radical (unpaired) electrons. The summed E-state index contributed by atoms with van der Waals surface area (Å²) < 4.78 is 2.96. The number of imidazole rings is 1. The molecule has 106 valence electrons. The van der Waals surface area contributed by atoms with Crippen molar-refractivity contribution in [3.8, 4) is 5.69 Å². The van der Waals surface area contributed by atoms with Crippen LogP contribution in [0.3, 0.4) is 0 Å². The number of aromatic nitrogens is 3. The number of nitrogens with zero attached hydrogens (tertiary/aromatic N) is 3. The lowest BCUT2D eigenvalue weighted by molar-refractivity contribution is 0.428. The van der Waals surface area contributed by atoms with Crippen LogP contribution in [0.15, 0.2) is 29.3 Å². The second kappa shape index (κ2) is 5.32. The van der Waals surface area contributed by atoms with Gasteiger partial charge >= 0.3 is 0 Å². The van der Waals surface area contributed by atoms with Gasteiger partial charge in [-0.1, -0.05) is 19.3 Å². The van der Waals surface area contributed by atoms with Crippen molar-refractivity contribution in [1.82, 2.24) is 14.2 Å². The molecule has 3 rings (SSSR count). The lowest BCUT2D eigenvalue weighted by atomic mass is 9.86. The zero-order chi connectivity index (χ0) is 14.1. The number of halogens is 1. The maximum absolute atomic E-state index is 12.1. The highest BCUT2D eigenvalue weighted by Crippen LogP contribution is 2.32. The predicted octanol–water partition coefficient (Wildman–Crippen LogP) is 2.45. The molecule has 2 aromatic rings. The quantitative estimate of drug-likeness (QED) is 0.865. The van der Waals surface area contributed by atoms with E-state index in [9.17, 15) is 4.79 Å². The van der Waals surface area contributed by atoms with Crippen LogP contribution in [0, 0.1) is 0 Å². The summed E-state index contributed by atoms with van der Waals surface area (Å²) in [5, 5.41) is 0.341. The first-order valence-electron chi connectivity index (χ1n) is 6.88. The molecule has 20 heavy (non-hydrogen) atoms. The van der Waals surface area contributed by atoms with Crippen LogP contribution in [-0.4, -0.2) is 14.2 Å². The van der Waals surface area contributed by atoms with E-state index in [1.807, 2.05) is 6.07 Å². The summed E-state index contributed by atoms with van der Waals surface area (Å²) in [5.41, 5.74) is 1.39. The van der Waals surface area contributed by atoms with Gasteiger partial charge in [-0.05, 0) is 30.5 Å². The highest BCUT2D eigenvalue weighted by Gasteiger charge is 2.20. The number of rotatable bonds is 2. The van der Waals surface area contributed by atoms with Crippen LogP contribution in [-0.2, 0) is 0 Å². The topological polar surface area (TPSA) is 65.8 Å². The lowest BCUT2D eigenvalue weighted by Crippen LogP contribution is -2.32. The fourth-order valence-corrected chi connectivity index (χ4v) is 3.13. The van der Waals surface area contributed by atoms with Gasteiger partial charge in [0.1, 0.15) is 0 Å². The van der Waals surface area contributed by atoms with Crippen molar-refractivity contribution in [1.29, 1.82) is 0 Å². The Hall–Kier alpha value is -1.75. The highest BCUT2D eigenvalue weighted by molar-refractivity contribution is 6.28. The Kier molecular flexibility index (Phi) is 3.53. The van der Waals surface area contributed by atoms with Crippen LogP contribution in [0.25, 0.3) is 5.69 Å². The number of nitrogens with two attached hydrogens (primary N) is 1. The van der Waals surface area contributed by atoms with E-state index in [4.69, 9.17) is 17.4 Å². The summed E-state index contributed by atoms with van der Waals surface area (Å²) in [5.74, 6) is 6.27. The molecule has 1 aliphatic carbocycles. The minimum atomic E-state index is -0.215. The molecular weight excluding hydrogens is 276 g/mol. The van der Waals surface area contributed by atoms with Crippen LogP contribution in [0.4, 0.5) is 0 Å². The van der Waals surface area contributed by atoms with Gasteiger partial charge in [0.15, 0.2) is 0 Å². The summed E-state index contributed by atoms with van der Waals surface area (Å²) in [6, 6.07) is 3.44. The van der Waals surface area contributed by atoms with Gasteiger partial charge in [-0.2, -0.15) is 0 Å². The van der Waals surface area contributed by atoms with Crippen LogP contribution < -0.4 is 11.4 Å². The zero-order valence-corrected chi connectivity index (χ0v) is 11.9. The predicted molar refractivity (Wildman–Crippen MR) is 78.8 cm³/mol. The molecule has 0 aliphatic heterocycles. The molecule has 0 aromatic carbocycles. The molecule has 2 heterocycles. The molecule has 0 spiro atoms. The van der Waals surface area contributed by atoms with Crippen LogP contribution in [0.1, 0.15) is 43.7 Å². The first kappa shape index (κ1) is 13.2. The van der Waals surface area contributed by atoms with E-state index >= 15 is 0 Å². The summed E-state index contributed by atoms with van der Waals surface area (Å²) in [7, 11) is 0. The Morgan fingerprint density at radius 1 is 1.25 bits per heavy atom. The third kappa shape index (κ3) is 2.33. The van der Waals surface area contributed by atoms with Crippen molar-refractivity contribution in [2.45, 2.75) is 38.0 Å². The fraction of sp³-hybridized carbons (Fsp3) is 0.429. The van der Waals surface area contributed by atoms with Crippen molar-refractivity contribution >= 4 is 11.6 Å². The van der Waals surface area contributed by atoms with Gasteiger partial charge in [0, 0.05) is 30.1 Å². The third-order valence-corrected chi connectivity index (χ3v) is 4.26. The van der Waals surface area contributed by atoms with Crippen molar-refractivity contribution in [2.24, 2.45) is 0 Å². The average molecular weight is 293 g/mol. The molecule has 1 saturated carbocycles. The summed E-state index contributed by atoms with van der Waals surface area (Å²) in [6.07, 6.45) is 9.15. The van der Waals surface area contributed by atoms with Gasteiger partial charge < -0.3 is 5.84 Å². The zero-order valence-electron chi connectivity index (χ0n) is 11.1. The molecule has 2 N–H and O–H groups in total. The summed E-state index contributed by atoms with van der Waals surface area (Å²) in [4.78, 5) is 16.0. The molecular formula is C14H17ClN4O. The normalized spacial score (nSPS) is 16.4. The van der Waals surface area contributed by atoms with Gasteiger partial charge in [-0.25, -0.2) is 9.66 Å². The summed E-state index contributed by atoms with van der Waals surface area (Å²) in [6.45, 7) is 0. The van der Waals surface area contributed by atoms with Gasteiger partial charge in [-0.3, -0.25) is 9.36 Å². The smallest absolute Gasteiger partial charge is 0.270 e. The molecule has 0 unspecified atom stereocenters. The van der Waals surface area contributed by atoms with Crippen molar-refractivity contribution in [3.05, 3.63) is 45.9 Å². The lowest BCUT2D eigenvalue weighted by Gasteiger charge is -2.24. The van der Waals surface area contributed by atoms with E-state index in [1.54, 1.807) is 17.0 Å². The molecule has 1 fully saturated rings. The molecule has 0 atom stereocenters. The maximum atomic E-state index is 12.1. The van der Waals surface area contributed by atoms with E-state index in [0.29, 0.717) is 11.2 Å². The van der Waals surface area contributed by atoms with Gasteiger partial charge in [0.05, 0.1) is 5.69 Å². The second-order valence-electron chi connectivity index (χ2n) is 5.25. The minimum absolute atomic E-state index is 0.215. The van der Waals surface area contributed by atoms with Gasteiger partial charge in [0.25, 0.3) is 5.56 Å². The molecule has 1 aliphatic rings. The van der Waals surface area contributed by atoms with Crippen LogP contribution in [0.2, 0.25) is 5.28 Å². The number of hydrogen-bond acceptors (Lipinski definition) is 3. The maximum Gasteiger partial charge on any atom is 0.270 e. The van der Waals surface area contributed by atoms with Crippen molar-refractivity contribution < 1.29 is 0 Å². The van der Waals surface area contributed by atoms with Gasteiger partial charge in [-0.15, -0.1) is 0 Å². The monoisotopic (exact) mass is 292 g/mol. The van der Waals surface area contributed by atoms with Crippen LogP contribution in [0.5, 0.6) is 0 Å². The minimum Gasteiger partial charge on any atom is -0.336 e. The molecule has 0 amide bonds.